The minimum atomic E-state index is 0.141. The topological polar surface area (TPSA) is 76.6 Å². The molecule has 4 heterocycles. The number of nitrogens with one attached hydrogen (secondary N) is 1. The average molecular weight is 491 g/mol. The van der Waals surface area contributed by atoms with E-state index in [0.29, 0.717) is 25.7 Å². The molecule has 1 aliphatic carbocycles. The molecule has 1 saturated heterocycles. The van der Waals surface area contributed by atoms with Crippen LogP contribution in [0.1, 0.15) is 52.6 Å². The lowest BCUT2D eigenvalue weighted by Crippen LogP contribution is -2.39. The Morgan fingerprint density at radius 3 is 2.76 bits per heavy atom. The van der Waals surface area contributed by atoms with E-state index >= 15 is 0 Å². The van der Waals surface area contributed by atoms with Gasteiger partial charge >= 0.3 is 0 Å². The highest BCUT2D eigenvalue weighted by Gasteiger charge is 2.26. The quantitative estimate of drug-likeness (QED) is 0.611. The predicted molar refractivity (Wildman–Crippen MR) is 130 cm³/mol. The third kappa shape index (κ3) is 6.32. The lowest BCUT2D eigenvalue weighted by Gasteiger charge is -2.30. The first-order chi connectivity index (χ1) is 16.1. The molecule has 5 rings (SSSR count). The third-order valence-electron chi connectivity index (χ3n) is 7.02. The number of hydrogen-bond donors (Lipinski definition) is 1. The van der Waals surface area contributed by atoms with Gasteiger partial charge < -0.3 is 19.7 Å². The number of rotatable bonds is 8. The molecule has 1 amide bonds. The summed E-state index contributed by atoms with van der Waals surface area (Å²) in [5.41, 5.74) is 1.24. The number of nitrogens with zero attached hydrogens (tertiary/aromatic N) is 3. The molecule has 2 aliphatic heterocycles. The molecule has 1 N–H and O–H groups in total. The zero-order valence-corrected chi connectivity index (χ0v) is 21.0. The Balaban J connectivity index is 0.991. The average Bonchev–Trinajstić information content (AvgIpc) is 3.31. The van der Waals surface area contributed by atoms with Crippen LogP contribution in [0.5, 0.6) is 5.19 Å². The summed E-state index contributed by atoms with van der Waals surface area (Å²) in [6, 6.07) is 0.339. The van der Waals surface area contributed by atoms with Gasteiger partial charge in [-0.25, -0.2) is 9.97 Å². The summed E-state index contributed by atoms with van der Waals surface area (Å²) in [4.78, 5) is 26.4. The second-order valence-electron chi connectivity index (χ2n) is 9.56. The molecule has 9 heteroatoms. The highest BCUT2D eigenvalue weighted by molar-refractivity contribution is 7.13. The van der Waals surface area contributed by atoms with E-state index in [0.717, 1.165) is 59.8 Å². The van der Waals surface area contributed by atoms with E-state index in [1.165, 1.54) is 36.4 Å². The highest BCUT2D eigenvalue weighted by Crippen LogP contribution is 2.31. The van der Waals surface area contributed by atoms with Crippen molar-refractivity contribution in [1.82, 2.24) is 20.2 Å². The van der Waals surface area contributed by atoms with Gasteiger partial charge in [-0.1, -0.05) is 11.3 Å². The zero-order chi connectivity index (χ0) is 22.6. The summed E-state index contributed by atoms with van der Waals surface area (Å²) >= 11 is 3.34. The minimum Gasteiger partial charge on any atom is -0.462 e. The first-order valence-corrected chi connectivity index (χ1v) is 13.9. The van der Waals surface area contributed by atoms with E-state index < -0.39 is 0 Å². The Morgan fingerprint density at radius 2 is 2.03 bits per heavy atom. The second kappa shape index (κ2) is 10.8. The van der Waals surface area contributed by atoms with Gasteiger partial charge in [0.2, 0.25) is 5.91 Å². The summed E-state index contributed by atoms with van der Waals surface area (Å²) in [5, 5.41) is 5.10. The van der Waals surface area contributed by atoms with Gasteiger partial charge in [-0.15, -0.1) is 11.3 Å². The molecule has 2 aromatic heterocycles. The van der Waals surface area contributed by atoms with Crippen molar-refractivity contribution < 1.29 is 14.3 Å². The predicted octanol–water partition coefficient (Wildman–Crippen LogP) is 3.39. The van der Waals surface area contributed by atoms with E-state index in [9.17, 15) is 4.79 Å². The largest absolute Gasteiger partial charge is 0.462 e. The number of carbonyl (C=O) groups excluding carboxylic acids is 1. The number of aromatic nitrogens is 2. The van der Waals surface area contributed by atoms with Crippen molar-refractivity contribution in [1.29, 1.82) is 0 Å². The summed E-state index contributed by atoms with van der Waals surface area (Å²) in [5.74, 6) is 0.921. The Morgan fingerprint density at radius 1 is 1.21 bits per heavy atom. The first-order valence-electron chi connectivity index (χ1n) is 12.3. The van der Waals surface area contributed by atoms with Crippen molar-refractivity contribution in [3.63, 3.8) is 0 Å². The molecule has 0 unspecified atom stereocenters. The Bertz CT molecular complexity index is 909. The Labute approximate surface area is 203 Å². The van der Waals surface area contributed by atoms with Gasteiger partial charge in [0.15, 0.2) is 0 Å². The number of ether oxygens (including phenoxy) is 2. The van der Waals surface area contributed by atoms with Crippen LogP contribution in [0.25, 0.3) is 0 Å². The Kier molecular flexibility index (Phi) is 7.59. The van der Waals surface area contributed by atoms with Crippen LogP contribution in [0.2, 0.25) is 0 Å². The number of carbonyl (C=O) groups is 1. The fourth-order valence-corrected chi connectivity index (χ4v) is 6.77. The van der Waals surface area contributed by atoms with Crippen LogP contribution < -0.4 is 10.1 Å². The van der Waals surface area contributed by atoms with Gasteiger partial charge in [0.1, 0.15) is 6.10 Å². The molecule has 180 valence electrons. The third-order valence-corrected chi connectivity index (χ3v) is 8.98. The lowest BCUT2D eigenvalue weighted by atomic mass is 9.84. The molecule has 0 atom stereocenters. The molecule has 7 nitrogen and oxygen atoms in total. The fourth-order valence-electron chi connectivity index (χ4n) is 4.97. The molecule has 0 bridgehead atoms. The number of hydrogen-bond acceptors (Lipinski definition) is 8. The molecular formula is C24H34N4O3S2. The van der Waals surface area contributed by atoms with Gasteiger partial charge in [-0.2, -0.15) is 0 Å². The summed E-state index contributed by atoms with van der Waals surface area (Å²) in [6.07, 6.45) is 10.5. The summed E-state index contributed by atoms with van der Waals surface area (Å²) < 4.78 is 11.1. The number of thiazole rings is 2. The monoisotopic (exact) mass is 490 g/mol. The van der Waals surface area contributed by atoms with Crippen molar-refractivity contribution in [2.75, 3.05) is 32.8 Å². The van der Waals surface area contributed by atoms with Gasteiger partial charge in [0.05, 0.1) is 30.3 Å². The van der Waals surface area contributed by atoms with Gasteiger partial charge in [0, 0.05) is 41.5 Å². The van der Waals surface area contributed by atoms with Gasteiger partial charge in [-0.05, 0) is 57.9 Å². The SMILES string of the molecule is Cc1ncc(CC(=O)NC2CCC(CCN3CCc4nc(OC5COC5)sc4CC3)CC2)s1. The zero-order valence-electron chi connectivity index (χ0n) is 19.4. The van der Waals surface area contributed by atoms with Crippen molar-refractivity contribution in [3.05, 3.63) is 26.7 Å². The normalized spacial score (nSPS) is 24.0. The van der Waals surface area contributed by atoms with Crippen molar-refractivity contribution >= 4 is 28.6 Å². The first kappa shape index (κ1) is 23.2. The van der Waals surface area contributed by atoms with Crippen LogP contribution in [0.3, 0.4) is 0 Å². The number of aryl methyl sites for hydroxylation is 1. The minimum absolute atomic E-state index is 0.141. The van der Waals surface area contributed by atoms with Crippen LogP contribution in [0.4, 0.5) is 0 Å². The van der Waals surface area contributed by atoms with Crippen LogP contribution in [0.15, 0.2) is 6.20 Å². The molecule has 33 heavy (non-hydrogen) atoms. The summed E-state index contributed by atoms with van der Waals surface area (Å²) in [6.45, 7) is 6.74. The molecule has 2 fully saturated rings. The molecule has 0 spiro atoms. The molecule has 1 saturated carbocycles. The van der Waals surface area contributed by atoms with Crippen molar-refractivity contribution in [3.8, 4) is 5.19 Å². The van der Waals surface area contributed by atoms with E-state index in [2.05, 4.69) is 15.2 Å². The van der Waals surface area contributed by atoms with Crippen molar-refractivity contribution in [2.45, 2.75) is 70.4 Å². The van der Waals surface area contributed by atoms with E-state index in [1.807, 2.05) is 13.1 Å². The molecule has 3 aliphatic rings. The maximum absolute atomic E-state index is 12.3. The van der Waals surface area contributed by atoms with E-state index in [4.69, 9.17) is 14.5 Å². The van der Waals surface area contributed by atoms with Crippen LogP contribution in [0, 0.1) is 12.8 Å². The van der Waals surface area contributed by atoms with Gasteiger partial charge in [-0.3, -0.25) is 4.79 Å². The highest BCUT2D eigenvalue weighted by atomic mass is 32.1. The number of amides is 1. The maximum Gasteiger partial charge on any atom is 0.274 e. The molecule has 2 aromatic rings. The van der Waals surface area contributed by atoms with Crippen LogP contribution in [-0.2, 0) is 28.8 Å². The van der Waals surface area contributed by atoms with Crippen LogP contribution >= 0.6 is 22.7 Å². The van der Waals surface area contributed by atoms with E-state index in [-0.39, 0.29) is 12.0 Å². The Hall–Kier alpha value is -1.55. The molecule has 0 radical (unpaired) electrons. The summed E-state index contributed by atoms with van der Waals surface area (Å²) in [7, 11) is 0. The number of fused-ring (bicyclic) bond motifs is 1. The molecular weight excluding hydrogens is 456 g/mol. The standard InChI is InChI=1S/C24H34N4O3S2/c1-16-25-13-20(32-16)12-23(29)26-18-4-2-17(3-5-18)6-9-28-10-7-21-22(8-11-28)33-24(27-21)31-19-14-30-15-19/h13,17-19H,2-12,14-15H2,1H3,(H,26,29). The molecule has 0 aromatic carbocycles. The second-order valence-corrected chi connectivity index (χ2v) is 11.9. The van der Waals surface area contributed by atoms with Crippen LogP contribution in [-0.4, -0.2) is 65.8 Å². The van der Waals surface area contributed by atoms with Gasteiger partial charge in [0.25, 0.3) is 5.19 Å². The fraction of sp³-hybridized carbons (Fsp3) is 0.708. The smallest absolute Gasteiger partial charge is 0.274 e. The maximum atomic E-state index is 12.3. The van der Waals surface area contributed by atoms with Crippen molar-refractivity contribution in [2.24, 2.45) is 5.92 Å². The lowest BCUT2D eigenvalue weighted by molar-refractivity contribution is -0.121. The van der Waals surface area contributed by atoms with E-state index in [1.54, 1.807) is 22.7 Å².